The Morgan fingerprint density at radius 2 is 1.94 bits per heavy atom. The van der Waals surface area contributed by atoms with Gasteiger partial charge in [0.05, 0.1) is 12.7 Å². The normalized spacial score (nSPS) is 10.7. The van der Waals surface area contributed by atoms with Crippen LogP contribution in [-0.2, 0) is 6.54 Å². The van der Waals surface area contributed by atoms with Gasteiger partial charge in [-0.1, -0.05) is 6.07 Å². The van der Waals surface area contributed by atoms with Gasteiger partial charge in [0.2, 0.25) is 0 Å². The maximum absolute atomic E-state index is 8.92. The topological polar surface area (TPSA) is 39.5 Å². The van der Waals surface area contributed by atoms with Crippen LogP contribution < -0.4 is 4.74 Å². The van der Waals surface area contributed by atoms with Crippen LogP contribution in [0.5, 0.6) is 5.75 Å². The number of nitrogens with zero attached hydrogens (tertiary/aromatic N) is 3. The van der Waals surface area contributed by atoms with E-state index < -0.39 is 0 Å². The lowest BCUT2D eigenvalue weighted by Gasteiger charge is -2.19. The third-order valence-electron chi connectivity index (χ3n) is 2.77. The number of ether oxygens (including phenoxy) is 1. The first-order valence-corrected chi connectivity index (χ1v) is 5.97. The first-order valence-electron chi connectivity index (χ1n) is 5.97. The second-order valence-electron chi connectivity index (χ2n) is 4.69. The summed E-state index contributed by atoms with van der Waals surface area (Å²) in [4.78, 5) is 4.41. The van der Waals surface area contributed by atoms with Crippen LogP contribution in [0.2, 0.25) is 0 Å². The van der Waals surface area contributed by atoms with Gasteiger partial charge in [0.25, 0.3) is 0 Å². The minimum Gasteiger partial charge on any atom is -0.495 e. The van der Waals surface area contributed by atoms with E-state index in [2.05, 4.69) is 37.0 Å². The van der Waals surface area contributed by atoms with E-state index in [4.69, 9.17) is 10.00 Å². The van der Waals surface area contributed by atoms with Gasteiger partial charge in [-0.3, -0.25) is 0 Å². The van der Waals surface area contributed by atoms with E-state index in [0.717, 1.165) is 25.2 Å². The molecule has 0 unspecified atom stereocenters. The average Bonchev–Trinajstić information content (AvgIpc) is 2.36. The summed E-state index contributed by atoms with van der Waals surface area (Å²) in [7, 11) is 7.82. The van der Waals surface area contributed by atoms with E-state index in [0.29, 0.717) is 11.3 Å². The molecule has 0 radical (unpaired) electrons. The number of rotatable bonds is 6. The van der Waals surface area contributed by atoms with E-state index in [1.54, 1.807) is 7.11 Å². The van der Waals surface area contributed by atoms with Crippen LogP contribution in [0.4, 0.5) is 0 Å². The summed E-state index contributed by atoms with van der Waals surface area (Å²) in [6.07, 6.45) is 0. The summed E-state index contributed by atoms with van der Waals surface area (Å²) in [5.41, 5.74) is 1.74. The van der Waals surface area contributed by atoms with Crippen LogP contribution in [0, 0.1) is 11.3 Å². The number of likely N-dealkylation sites (N-methyl/N-ethyl adjacent to an activating group) is 2. The Labute approximate surface area is 109 Å². The number of hydrogen-bond acceptors (Lipinski definition) is 4. The Morgan fingerprint density at radius 1 is 1.22 bits per heavy atom. The fourth-order valence-corrected chi connectivity index (χ4v) is 1.69. The van der Waals surface area contributed by atoms with Crippen LogP contribution in [0.3, 0.4) is 0 Å². The molecule has 0 aromatic heterocycles. The highest BCUT2D eigenvalue weighted by Crippen LogP contribution is 2.19. The van der Waals surface area contributed by atoms with Crippen LogP contribution in [-0.4, -0.2) is 51.1 Å². The zero-order valence-corrected chi connectivity index (χ0v) is 11.6. The second kappa shape index (κ2) is 7.00. The van der Waals surface area contributed by atoms with Gasteiger partial charge in [0.1, 0.15) is 11.8 Å². The highest BCUT2D eigenvalue weighted by atomic mass is 16.5. The lowest BCUT2D eigenvalue weighted by Crippen LogP contribution is -2.28. The van der Waals surface area contributed by atoms with Crippen molar-refractivity contribution >= 4 is 0 Å². The van der Waals surface area contributed by atoms with Crippen molar-refractivity contribution in [2.75, 3.05) is 41.3 Å². The molecule has 0 aliphatic rings. The van der Waals surface area contributed by atoms with Crippen LogP contribution in [0.15, 0.2) is 18.2 Å². The molecular formula is C14H21N3O. The van der Waals surface area contributed by atoms with Crippen LogP contribution in [0.1, 0.15) is 11.1 Å². The molecule has 0 heterocycles. The molecule has 1 rings (SSSR count). The van der Waals surface area contributed by atoms with Crippen molar-refractivity contribution in [3.8, 4) is 11.8 Å². The largest absolute Gasteiger partial charge is 0.495 e. The molecule has 4 heteroatoms. The Morgan fingerprint density at radius 3 is 2.50 bits per heavy atom. The molecule has 0 saturated heterocycles. The predicted octanol–water partition coefficient (Wildman–Crippen LogP) is 1.56. The summed E-state index contributed by atoms with van der Waals surface area (Å²) in [5.74, 6) is 0.649. The highest BCUT2D eigenvalue weighted by molar-refractivity contribution is 5.45. The maximum atomic E-state index is 8.92. The van der Waals surface area contributed by atoms with Crippen molar-refractivity contribution in [3.05, 3.63) is 29.3 Å². The SMILES string of the molecule is COc1cc(CN(C)CCN(C)C)ccc1C#N. The summed E-state index contributed by atoms with van der Waals surface area (Å²) in [6.45, 7) is 2.90. The molecule has 1 aromatic rings. The van der Waals surface area contributed by atoms with E-state index in [1.165, 1.54) is 0 Å². The summed E-state index contributed by atoms with van der Waals surface area (Å²) < 4.78 is 5.21. The fraction of sp³-hybridized carbons (Fsp3) is 0.500. The van der Waals surface area contributed by atoms with Gasteiger partial charge in [0, 0.05) is 19.6 Å². The predicted molar refractivity (Wildman–Crippen MR) is 72.6 cm³/mol. The van der Waals surface area contributed by atoms with Gasteiger partial charge in [-0.2, -0.15) is 5.26 Å². The second-order valence-corrected chi connectivity index (χ2v) is 4.69. The molecule has 0 fully saturated rings. The van der Waals surface area contributed by atoms with Crippen molar-refractivity contribution < 1.29 is 4.74 Å². The van der Waals surface area contributed by atoms with Gasteiger partial charge in [0.15, 0.2) is 0 Å². The Hall–Kier alpha value is -1.57. The highest BCUT2D eigenvalue weighted by Gasteiger charge is 2.06. The third-order valence-corrected chi connectivity index (χ3v) is 2.77. The zero-order chi connectivity index (χ0) is 13.5. The molecule has 0 amide bonds. The Bertz CT molecular complexity index is 424. The molecule has 18 heavy (non-hydrogen) atoms. The van der Waals surface area contributed by atoms with Gasteiger partial charge in [-0.15, -0.1) is 0 Å². The Balaban J connectivity index is 2.65. The number of nitriles is 1. The molecule has 0 bridgehead atoms. The van der Waals surface area contributed by atoms with Gasteiger partial charge in [-0.25, -0.2) is 0 Å². The summed E-state index contributed by atoms with van der Waals surface area (Å²) in [6, 6.07) is 7.85. The minimum atomic E-state index is 0.581. The molecule has 0 aliphatic carbocycles. The number of methoxy groups -OCH3 is 1. The molecule has 1 aromatic carbocycles. The lowest BCUT2D eigenvalue weighted by molar-refractivity contribution is 0.276. The maximum Gasteiger partial charge on any atom is 0.136 e. The van der Waals surface area contributed by atoms with Gasteiger partial charge in [-0.05, 0) is 38.8 Å². The van der Waals surface area contributed by atoms with Gasteiger partial charge >= 0.3 is 0 Å². The molecule has 0 spiro atoms. The van der Waals surface area contributed by atoms with E-state index >= 15 is 0 Å². The van der Waals surface area contributed by atoms with E-state index in [-0.39, 0.29) is 0 Å². The smallest absolute Gasteiger partial charge is 0.136 e. The van der Waals surface area contributed by atoms with E-state index in [1.807, 2.05) is 18.2 Å². The lowest BCUT2D eigenvalue weighted by atomic mass is 10.1. The summed E-state index contributed by atoms with van der Waals surface area (Å²) >= 11 is 0. The van der Waals surface area contributed by atoms with Crippen molar-refractivity contribution in [1.29, 1.82) is 5.26 Å². The van der Waals surface area contributed by atoms with Crippen molar-refractivity contribution in [2.45, 2.75) is 6.54 Å². The molecule has 0 atom stereocenters. The molecular weight excluding hydrogens is 226 g/mol. The third kappa shape index (κ3) is 4.36. The summed E-state index contributed by atoms with van der Waals surface area (Å²) in [5, 5.41) is 8.92. The molecule has 4 nitrogen and oxygen atoms in total. The molecule has 0 aliphatic heterocycles. The molecule has 0 N–H and O–H groups in total. The van der Waals surface area contributed by atoms with Gasteiger partial charge < -0.3 is 14.5 Å². The monoisotopic (exact) mass is 247 g/mol. The average molecular weight is 247 g/mol. The van der Waals surface area contributed by atoms with Crippen molar-refractivity contribution in [1.82, 2.24) is 9.80 Å². The first-order chi connectivity index (χ1) is 8.56. The zero-order valence-electron chi connectivity index (χ0n) is 11.6. The van der Waals surface area contributed by atoms with Crippen molar-refractivity contribution in [2.24, 2.45) is 0 Å². The fourth-order valence-electron chi connectivity index (χ4n) is 1.69. The quantitative estimate of drug-likeness (QED) is 0.765. The Kier molecular flexibility index (Phi) is 5.63. The first kappa shape index (κ1) is 14.5. The standard InChI is InChI=1S/C14H21N3O/c1-16(2)7-8-17(3)11-12-5-6-13(10-15)14(9-12)18-4/h5-6,9H,7-8,11H2,1-4H3. The van der Waals surface area contributed by atoms with Crippen LogP contribution in [0.25, 0.3) is 0 Å². The number of benzene rings is 1. The molecule has 0 saturated carbocycles. The molecule has 98 valence electrons. The van der Waals surface area contributed by atoms with E-state index in [9.17, 15) is 0 Å². The number of hydrogen-bond donors (Lipinski definition) is 0. The van der Waals surface area contributed by atoms with Crippen molar-refractivity contribution in [3.63, 3.8) is 0 Å². The minimum absolute atomic E-state index is 0.581. The van der Waals surface area contributed by atoms with Crippen LogP contribution >= 0.6 is 0 Å².